The van der Waals surface area contributed by atoms with Crippen LogP contribution < -0.4 is 5.32 Å². The maximum absolute atomic E-state index is 10.7. The molecule has 0 unspecified atom stereocenters. The van der Waals surface area contributed by atoms with E-state index in [1.165, 1.54) is 7.11 Å². The molecule has 1 N–H and O–H groups in total. The number of rotatable bonds is 2. The first-order valence-electron chi connectivity index (χ1n) is 2.68. The fourth-order valence-electron chi connectivity index (χ4n) is 0.465. The van der Waals surface area contributed by atoms with Gasteiger partial charge in [0, 0.05) is 7.05 Å². The SMILES string of the molecule is CC=C(OC)C(=O)NC. The molecule has 9 heavy (non-hydrogen) atoms. The van der Waals surface area contributed by atoms with Crippen molar-refractivity contribution in [3.63, 3.8) is 0 Å². The third kappa shape index (κ3) is 2.17. The highest BCUT2D eigenvalue weighted by Gasteiger charge is 2.02. The average Bonchev–Trinajstić information content (AvgIpc) is 1.90. The molecule has 0 spiro atoms. The summed E-state index contributed by atoms with van der Waals surface area (Å²) in [5.41, 5.74) is 0. The molecule has 0 aliphatic rings. The number of carbonyl (C=O) groups excluding carboxylic acids is 1. The molecule has 0 atom stereocenters. The number of nitrogens with one attached hydrogen (secondary N) is 1. The van der Waals surface area contributed by atoms with Gasteiger partial charge in [-0.15, -0.1) is 0 Å². The third-order valence-electron chi connectivity index (χ3n) is 0.933. The van der Waals surface area contributed by atoms with Crippen LogP contribution in [-0.2, 0) is 9.53 Å². The first-order valence-corrected chi connectivity index (χ1v) is 2.68. The van der Waals surface area contributed by atoms with E-state index < -0.39 is 0 Å². The Labute approximate surface area is 54.7 Å². The van der Waals surface area contributed by atoms with E-state index in [9.17, 15) is 4.79 Å². The molecular formula is C6H11NO2. The number of amides is 1. The molecule has 0 aliphatic heterocycles. The zero-order chi connectivity index (χ0) is 7.28. The van der Waals surface area contributed by atoms with E-state index in [0.29, 0.717) is 5.76 Å². The lowest BCUT2D eigenvalue weighted by Gasteiger charge is -2.01. The first kappa shape index (κ1) is 8.01. The highest BCUT2D eigenvalue weighted by Crippen LogP contribution is 1.92. The number of methoxy groups -OCH3 is 1. The number of ether oxygens (including phenoxy) is 1. The van der Waals surface area contributed by atoms with Gasteiger partial charge in [0.2, 0.25) is 0 Å². The van der Waals surface area contributed by atoms with Crippen molar-refractivity contribution >= 4 is 5.91 Å². The Hall–Kier alpha value is -0.990. The maximum atomic E-state index is 10.7. The zero-order valence-corrected chi connectivity index (χ0v) is 5.89. The highest BCUT2D eigenvalue weighted by atomic mass is 16.5. The van der Waals surface area contributed by atoms with Crippen LogP contribution in [0.25, 0.3) is 0 Å². The molecular weight excluding hydrogens is 118 g/mol. The van der Waals surface area contributed by atoms with Crippen molar-refractivity contribution in [2.45, 2.75) is 6.92 Å². The summed E-state index contributed by atoms with van der Waals surface area (Å²) < 4.78 is 4.70. The second kappa shape index (κ2) is 3.95. The third-order valence-corrected chi connectivity index (χ3v) is 0.933. The molecule has 0 radical (unpaired) electrons. The Morgan fingerprint density at radius 2 is 2.22 bits per heavy atom. The Morgan fingerprint density at radius 1 is 1.67 bits per heavy atom. The van der Waals surface area contributed by atoms with Crippen LogP contribution in [0.4, 0.5) is 0 Å². The van der Waals surface area contributed by atoms with Crippen LogP contribution >= 0.6 is 0 Å². The molecule has 0 bridgehead atoms. The molecule has 52 valence electrons. The Kier molecular flexibility index (Phi) is 3.51. The van der Waals surface area contributed by atoms with Crippen LogP contribution in [0.15, 0.2) is 11.8 Å². The van der Waals surface area contributed by atoms with Crippen LogP contribution in [-0.4, -0.2) is 20.1 Å². The van der Waals surface area contributed by atoms with Gasteiger partial charge in [-0.05, 0) is 13.0 Å². The number of likely N-dealkylation sites (N-methyl/N-ethyl adjacent to an activating group) is 1. The molecule has 3 nitrogen and oxygen atoms in total. The fourth-order valence-corrected chi connectivity index (χ4v) is 0.465. The van der Waals surface area contributed by atoms with Crippen molar-refractivity contribution < 1.29 is 9.53 Å². The van der Waals surface area contributed by atoms with E-state index in [1.54, 1.807) is 20.0 Å². The van der Waals surface area contributed by atoms with Gasteiger partial charge < -0.3 is 10.1 Å². The Morgan fingerprint density at radius 3 is 2.33 bits per heavy atom. The van der Waals surface area contributed by atoms with Crippen LogP contribution in [0, 0.1) is 0 Å². The zero-order valence-electron chi connectivity index (χ0n) is 5.89. The summed E-state index contributed by atoms with van der Waals surface area (Å²) in [5, 5.41) is 2.43. The van der Waals surface area contributed by atoms with Crippen LogP contribution in [0.2, 0.25) is 0 Å². The summed E-state index contributed by atoms with van der Waals surface area (Å²) in [6.07, 6.45) is 1.61. The second-order valence-electron chi connectivity index (χ2n) is 1.44. The van der Waals surface area contributed by atoms with Crippen LogP contribution in [0.3, 0.4) is 0 Å². The fraction of sp³-hybridized carbons (Fsp3) is 0.500. The molecule has 0 aromatic rings. The van der Waals surface area contributed by atoms with Crippen molar-refractivity contribution in [2.75, 3.05) is 14.2 Å². The van der Waals surface area contributed by atoms with Crippen molar-refractivity contribution in [2.24, 2.45) is 0 Å². The normalized spacial score (nSPS) is 10.8. The summed E-state index contributed by atoms with van der Waals surface area (Å²) in [6, 6.07) is 0. The van der Waals surface area contributed by atoms with Gasteiger partial charge in [0.1, 0.15) is 0 Å². The van der Waals surface area contributed by atoms with Crippen LogP contribution in [0.5, 0.6) is 0 Å². The molecule has 0 aliphatic carbocycles. The molecule has 0 fully saturated rings. The molecule has 0 aromatic heterocycles. The lowest BCUT2D eigenvalue weighted by molar-refractivity contribution is -0.119. The van der Waals surface area contributed by atoms with Gasteiger partial charge in [-0.3, -0.25) is 4.79 Å². The van der Waals surface area contributed by atoms with Crippen molar-refractivity contribution in [1.82, 2.24) is 5.32 Å². The highest BCUT2D eigenvalue weighted by molar-refractivity contribution is 5.90. The van der Waals surface area contributed by atoms with Gasteiger partial charge in [0.25, 0.3) is 5.91 Å². The lowest BCUT2D eigenvalue weighted by Crippen LogP contribution is -2.20. The van der Waals surface area contributed by atoms with Gasteiger partial charge in [-0.2, -0.15) is 0 Å². The average molecular weight is 129 g/mol. The topological polar surface area (TPSA) is 38.3 Å². The first-order chi connectivity index (χ1) is 4.26. The molecule has 0 saturated heterocycles. The van der Waals surface area contributed by atoms with Crippen molar-refractivity contribution in [3.8, 4) is 0 Å². The minimum absolute atomic E-state index is 0.194. The second-order valence-corrected chi connectivity index (χ2v) is 1.44. The summed E-state index contributed by atoms with van der Waals surface area (Å²) in [7, 11) is 3.02. The Bertz CT molecular complexity index is 129. The summed E-state index contributed by atoms with van der Waals surface area (Å²) in [5.74, 6) is 0.150. The van der Waals surface area contributed by atoms with Crippen LogP contribution in [0.1, 0.15) is 6.92 Å². The predicted molar refractivity (Wildman–Crippen MR) is 34.8 cm³/mol. The van der Waals surface area contributed by atoms with E-state index in [4.69, 9.17) is 4.74 Å². The summed E-state index contributed by atoms with van der Waals surface area (Å²) in [6.45, 7) is 1.74. The van der Waals surface area contributed by atoms with Gasteiger partial charge in [0.05, 0.1) is 7.11 Å². The minimum atomic E-state index is -0.194. The smallest absolute Gasteiger partial charge is 0.285 e. The van der Waals surface area contributed by atoms with Gasteiger partial charge in [0.15, 0.2) is 5.76 Å². The standard InChI is InChI=1S/C6H11NO2/c1-4-5(9-3)6(8)7-2/h4H,1-3H3,(H,7,8). The molecule has 3 heteroatoms. The molecule has 0 saturated carbocycles. The number of hydrogen-bond donors (Lipinski definition) is 1. The van der Waals surface area contributed by atoms with E-state index in [2.05, 4.69) is 5.32 Å². The van der Waals surface area contributed by atoms with E-state index >= 15 is 0 Å². The van der Waals surface area contributed by atoms with E-state index in [1.807, 2.05) is 0 Å². The summed E-state index contributed by atoms with van der Waals surface area (Å²) >= 11 is 0. The van der Waals surface area contributed by atoms with Gasteiger partial charge in [-0.25, -0.2) is 0 Å². The maximum Gasteiger partial charge on any atom is 0.285 e. The molecule has 0 heterocycles. The lowest BCUT2D eigenvalue weighted by atomic mass is 10.4. The number of allylic oxidation sites excluding steroid dienone is 1. The Balaban J connectivity index is 3.97. The van der Waals surface area contributed by atoms with Gasteiger partial charge in [-0.1, -0.05) is 0 Å². The van der Waals surface area contributed by atoms with Crippen molar-refractivity contribution in [3.05, 3.63) is 11.8 Å². The summed E-state index contributed by atoms with van der Waals surface area (Å²) in [4.78, 5) is 10.7. The molecule has 0 aromatic carbocycles. The quantitative estimate of drug-likeness (QED) is 0.429. The predicted octanol–water partition coefficient (Wildman–Crippen LogP) is 0.283. The van der Waals surface area contributed by atoms with Gasteiger partial charge >= 0.3 is 0 Å². The van der Waals surface area contributed by atoms with E-state index in [-0.39, 0.29) is 5.91 Å². The molecule has 0 rings (SSSR count). The van der Waals surface area contributed by atoms with Crippen molar-refractivity contribution in [1.29, 1.82) is 0 Å². The monoisotopic (exact) mass is 129 g/mol. The minimum Gasteiger partial charge on any atom is -0.491 e. The molecule has 1 amide bonds. The van der Waals surface area contributed by atoms with E-state index in [0.717, 1.165) is 0 Å². The number of hydrogen-bond acceptors (Lipinski definition) is 2. The number of carbonyl (C=O) groups is 1. The largest absolute Gasteiger partial charge is 0.491 e.